The number of pyridine rings is 1. The average molecular weight is 692 g/mol. The molecule has 2 heterocycles. The highest BCUT2D eigenvalue weighted by Gasteiger charge is 2.27. The van der Waals surface area contributed by atoms with Gasteiger partial charge in [0.25, 0.3) is 15.9 Å². The van der Waals surface area contributed by atoms with Crippen molar-refractivity contribution in [3.05, 3.63) is 100 Å². The number of carbonyl (C=O) groups excluding carboxylic acids is 1. The first-order valence-electron chi connectivity index (χ1n) is 12.1. The van der Waals surface area contributed by atoms with E-state index in [2.05, 4.69) is 35.0 Å². The summed E-state index contributed by atoms with van der Waals surface area (Å²) in [7, 11) is -4.33. The number of halogens is 4. The molecule has 0 saturated carbocycles. The summed E-state index contributed by atoms with van der Waals surface area (Å²) in [5.74, 6) is -6.38. The third-order valence-corrected chi connectivity index (χ3v) is 8.79. The van der Waals surface area contributed by atoms with Crippen LogP contribution in [0.2, 0.25) is 0 Å². The van der Waals surface area contributed by atoms with Crippen LogP contribution in [0, 0.1) is 17.6 Å². The van der Waals surface area contributed by atoms with Gasteiger partial charge >= 0.3 is 5.97 Å². The standard InChI is InChI=1S/C27H17BrF3N5O5S2/c28-18-6-3-15(24-25(18)35-42-34-24)9-21(27(38)39)33-26(37)23-19(29)11-16(12-20(23)30)36-43(40,41)17-4-1-13(2-5-17)14-7-8-32-22(31)10-14/h1-8,10-12,21,36H,9H2,(H,33,37)(H,38,39). The number of rotatable bonds is 9. The van der Waals surface area contributed by atoms with E-state index in [1.54, 1.807) is 12.1 Å². The van der Waals surface area contributed by atoms with E-state index in [4.69, 9.17) is 0 Å². The molecule has 0 aliphatic heterocycles. The van der Waals surface area contributed by atoms with Crippen molar-refractivity contribution in [3.63, 3.8) is 0 Å². The number of carboxylic acid groups (broad SMARTS) is 1. The fourth-order valence-corrected chi connectivity index (χ4v) is 6.33. The molecule has 43 heavy (non-hydrogen) atoms. The van der Waals surface area contributed by atoms with Crippen LogP contribution in [0.1, 0.15) is 15.9 Å². The Morgan fingerprint density at radius 1 is 0.930 bits per heavy atom. The SMILES string of the molecule is O=C(NC(Cc1ccc(Br)c2nsnc12)C(=O)O)c1c(F)cc(NS(=O)(=O)c2ccc(-c3ccnc(F)c3)cc2)cc1F. The summed E-state index contributed by atoms with van der Waals surface area (Å²) in [4.78, 5) is 27.9. The zero-order chi connectivity index (χ0) is 30.9. The summed E-state index contributed by atoms with van der Waals surface area (Å²) in [6.07, 6.45) is 0.998. The second-order valence-corrected chi connectivity index (χ2v) is 12.1. The van der Waals surface area contributed by atoms with Crippen LogP contribution in [0.3, 0.4) is 0 Å². The maximum atomic E-state index is 15.0. The first-order chi connectivity index (χ1) is 20.4. The molecule has 3 aromatic carbocycles. The number of hydrogen-bond donors (Lipinski definition) is 3. The molecule has 16 heteroatoms. The summed E-state index contributed by atoms with van der Waals surface area (Å²) in [6.45, 7) is 0. The molecule has 0 spiro atoms. The molecule has 0 saturated heterocycles. The van der Waals surface area contributed by atoms with Crippen molar-refractivity contribution >= 4 is 66.3 Å². The first kappa shape index (κ1) is 30.1. The quantitative estimate of drug-likeness (QED) is 0.179. The number of nitrogens with zero attached hydrogens (tertiary/aromatic N) is 3. The maximum absolute atomic E-state index is 15.0. The molecular formula is C27H17BrF3N5O5S2. The Kier molecular flexibility index (Phi) is 8.43. The van der Waals surface area contributed by atoms with Crippen LogP contribution in [0.15, 0.2) is 76.2 Å². The van der Waals surface area contributed by atoms with Crippen LogP contribution in [0.5, 0.6) is 0 Å². The fraction of sp³-hybridized carbons (Fsp3) is 0.0741. The zero-order valence-electron chi connectivity index (χ0n) is 21.4. The second kappa shape index (κ2) is 12.1. The molecule has 1 amide bonds. The number of amides is 1. The van der Waals surface area contributed by atoms with Gasteiger partial charge in [0.2, 0.25) is 5.95 Å². The van der Waals surface area contributed by atoms with Crippen LogP contribution in [-0.2, 0) is 21.2 Å². The van der Waals surface area contributed by atoms with E-state index in [-0.39, 0.29) is 11.3 Å². The molecule has 0 fully saturated rings. The van der Waals surface area contributed by atoms with Gasteiger partial charge in [0.05, 0.1) is 22.3 Å². The number of aromatic nitrogens is 3. The lowest BCUT2D eigenvalue weighted by Gasteiger charge is -2.16. The van der Waals surface area contributed by atoms with E-state index in [9.17, 15) is 36.3 Å². The lowest BCUT2D eigenvalue weighted by atomic mass is 10.0. The van der Waals surface area contributed by atoms with Gasteiger partial charge in [-0.05, 0) is 69.0 Å². The molecule has 0 aliphatic carbocycles. The van der Waals surface area contributed by atoms with Crippen molar-refractivity contribution in [3.8, 4) is 11.1 Å². The minimum atomic E-state index is -4.33. The van der Waals surface area contributed by atoms with Crippen LogP contribution < -0.4 is 10.0 Å². The van der Waals surface area contributed by atoms with Crippen molar-refractivity contribution in [2.45, 2.75) is 17.4 Å². The molecule has 1 atom stereocenters. The predicted octanol–water partition coefficient (Wildman–Crippen LogP) is 5.16. The third-order valence-electron chi connectivity index (χ3n) is 6.22. The maximum Gasteiger partial charge on any atom is 0.326 e. The van der Waals surface area contributed by atoms with Crippen LogP contribution in [-0.4, -0.2) is 45.2 Å². The van der Waals surface area contributed by atoms with Gasteiger partial charge in [-0.3, -0.25) is 9.52 Å². The van der Waals surface area contributed by atoms with Gasteiger partial charge in [0.15, 0.2) is 0 Å². The molecule has 1 unspecified atom stereocenters. The average Bonchev–Trinajstić information content (AvgIpc) is 3.45. The largest absolute Gasteiger partial charge is 0.480 e. The highest BCUT2D eigenvalue weighted by molar-refractivity contribution is 9.10. The highest BCUT2D eigenvalue weighted by Crippen LogP contribution is 2.27. The Hall–Kier alpha value is -4.41. The Bertz CT molecular complexity index is 1970. The predicted molar refractivity (Wildman–Crippen MR) is 155 cm³/mol. The summed E-state index contributed by atoms with van der Waals surface area (Å²) in [6, 6.07) is 10.8. The lowest BCUT2D eigenvalue weighted by Crippen LogP contribution is -2.43. The van der Waals surface area contributed by atoms with Crippen molar-refractivity contribution in [2.24, 2.45) is 0 Å². The van der Waals surface area contributed by atoms with Crippen molar-refractivity contribution in [2.75, 3.05) is 4.72 Å². The minimum absolute atomic E-state index is 0.255. The Morgan fingerprint density at radius 2 is 1.60 bits per heavy atom. The monoisotopic (exact) mass is 691 g/mol. The zero-order valence-corrected chi connectivity index (χ0v) is 24.6. The normalized spacial score (nSPS) is 12.2. The van der Waals surface area contributed by atoms with E-state index in [1.165, 1.54) is 42.6 Å². The Balaban J connectivity index is 1.33. The van der Waals surface area contributed by atoms with Crippen LogP contribution >= 0.6 is 27.7 Å². The number of aliphatic carboxylic acids is 1. The third kappa shape index (κ3) is 6.50. The fourth-order valence-electron chi connectivity index (χ4n) is 4.17. The summed E-state index contributed by atoms with van der Waals surface area (Å²) < 4.78 is 80.0. The molecule has 0 radical (unpaired) electrons. The van der Waals surface area contributed by atoms with Gasteiger partial charge in [-0.2, -0.15) is 13.1 Å². The number of anilines is 1. The van der Waals surface area contributed by atoms with E-state index in [0.29, 0.717) is 44.3 Å². The van der Waals surface area contributed by atoms with E-state index in [0.717, 1.165) is 11.7 Å². The van der Waals surface area contributed by atoms with Crippen molar-refractivity contribution < 1.29 is 36.3 Å². The smallest absolute Gasteiger partial charge is 0.326 e. The van der Waals surface area contributed by atoms with Gasteiger partial charge in [0, 0.05) is 23.2 Å². The number of benzene rings is 3. The topological polar surface area (TPSA) is 151 Å². The molecule has 0 aliphatic rings. The number of fused-ring (bicyclic) bond motifs is 1. The minimum Gasteiger partial charge on any atom is -0.480 e. The number of sulfonamides is 1. The molecule has 220 valence electrons. The van der Waals surface area contributed by atoms with E-state index in [1.807, 2.05) is 4.72 Å². The van der Waals surface area contributed by atoms with Crippen molar-refractivity contribution in [1.29, 1.82) is 0 Å². The molecule has 3 N–H and O–H groups in total. The van der Waals surface area contributed by atoms with Gasteiger partial charge in [-0.25, -0.2) is 27.0 Å². The number of hydrogen-bond acceptors (Lipinski definition) is 8. The second-order valence-electron chi connectivity index (χ2n) is 9.05. The van der Waals surface area contributed by atoms with Crippen LogP contribution in [0.4, 0.5) is 18.9 Å². The van der Waals surface area contributed by atoms with Gasteiger partial charge in [-0.1, -0.05) is 18.2 Å². The van der Waals surface area contributed by atoms with Gasteiger partial charge in [0.1, 0.15) is 34.3 Å². The van der Waals surface area contributed by atoms with Gasteiger partial charge < -0.3 is 10.4 Å². The lowest BCUT2D eigenvalue weighted by molar-refractivity contribution is -0.139. The van der Waals surface area contributed by atoms with Gasteiger partial charge in [-0.15, -0.1) is 0 Å². The number of carboxylic acids is 1. The molecule has 5 aromatic rings. The number of carbonyl (C=O) groups is 2. The Labute approximate surface area is 254 Å². The molecular weight excluding hydrogens is 675 g/mol. The molecule has 5 rings (SSSR count). The summed E-state index contributed by atoms with van der Waals surface area (Å²) >= 11 is 4.23. The first-order valence-corrected chi connectivity index (χ1v) is 15.1. The number of nitrogens with one attached hydrogen (secondary N) is 2. The van der Waals surface area contributed by atoms with Crippen molar-refractivity contribution in [1.82, 2.24) is 19.0 Å². The highest BCUT2D eigenvalue weighted by atomic mass is 79.9. The molecule has 2 aromatic heterocycles. The molecule has 0 bridgehead atoms. The summed E-state index contributed by atoms with van der Waals surface area (Å²) in [5, 5.41) is 11.8. The van der Waals surface area contributed by atoms with E-state index >= 15 is 0 Å². The summed E-state index contributed by atoms with van der Waals surface area (Å²) in [5.41, 5.74) is 0.682. The van der Waals surface area contributed by atoms with E-state index < -0.39 is 56.8 Å². The van der Waals surface area contributed by atoms with Crippen LogP contribution in [0.25, 0.3) is 22.2 Å². The molecule has 10 nitrogen and oxygen atoms in total. The Morgan fingerprint density at radius 3 is 2.26 bits per heavy atom.